The van der Waals surface area contributed by atoms with E-state index in [1.54, 1.807) is 0 Å². The van der Waals surface area contributed by atoms with E-state index < -0.39 is 45.6 Å². The first-order valence-electron chi connectivity index (χ1n) is 10.2. The summed E-state index contributed by atoms with van der Waals surface area (Å²) in [7, 11) is -7.05. The first-order chi connectivity index (χ1) is 14.6. The quantitative estimate of drug-likeness (QED) is 0.436. The fourth-order valence-corrected chi connectivity index (χ4v) is 9.68. The molecule has 0 heterocycles. The first-order valence-corrected chi connectivity index (χ1v) is 13.6. The van der Waals surface area contributed by atoms with Gasteiger partial charge in [-0.05, 0) is 43.2 Å². The molecule has 0 radical (unpaired) electrons. The number of unbranched alkanes of at least 4 members (excludes halogenated alkanes) is 2. The van der Waals surface area contributed by atoms with E-state index in [1.165, 1.54) is 0 Å². The van der Waals surface area contributed by atoms with E-state index >= 15 is 0 Å². The zero-order chi connectivity index (χ0) is 23.1. The maximum Gasteiger partial charge on any atom is 0.335 e. The van der Waals surface area contributed by atoms with Crippen LogP contribution in [0.5, 0.6) is 0 Å². The van der Waals surface area contributed by atoms with E-state index in [1.807, 2.05) is 44.2 Å². The molecule has 2 rings (SSSR count). The Labute approximate surface area is 183 Å². The lowest BCUT2D eigenvalue weighted by molar-refractivity contribution is 0.0696. The highest BCUT2D eigenvalue weighted by Crippen LogP contribution is 2.61. The zero-order valence-electron chi connectivity index (χ0n) is 17.7. The van der Waals surface area contributed by atoms with Crippen LogP contribution in [0, 0.1) is 0 Å². The molecule has 0 aliphatic rings. The van der Waals surface area contributed by atoms with Gasteiger partial charge in [-0.3, -0.25) is 0 Å². The number of hydrogen-bond donors (Lipinski definition) is 2. The number of aromatic carboxylic acids is 2. The molecule has 0 atom stereocenters. The molecule has 0 aromatic heterocycles. The fraction of sp³-hybridized carbons (Fsp3) is 0.364. The molecule has 0 bridgehead atoms. The smallest absolute Gasteiger partial charge is 0.335 e. The highest BCUT2D eigenvalue weighted by atomic mass is 32.2. The predicted molar refractivity (Wildman–Crippen MR) is 121 cm³/mol. The number of rotatable bonds is 12. The van der Waals surface area contributed by atoms with E-state index in [0.717, 1.165) is 49.2 Å². The Hall–Kier alpha value is -2.28. The third kappa shape index (κ3) is 6.35. The minimum atomic E-state index is -4.42. The minimum absolute atomic E-state index is 0.423. The third-order valence-electron chi connectivity index (χ3n) is 4.90. The maximum atomic E-state index is 13.3. The molecule has 31 heavy (non-hydrogen) atoms. The summed E-state index contributed by atoms with van der Waals surface area (Å²) in [6.07, 6.45) is 4.41. The third-order valence-corrected chi connectivity index (χ3v) is 11.0. The van der Waals surface area contributed by atoms with Gasteiger partial charge in [-0.25, -0.2) is 9.59 Å². The van der Waals surface area contributed by atoms with Crippen molar-refractivity contribution in [2.24, 2.45) is 0 Å². The van der Waals surface area contributed by atoms with Crippen LogP contribution in [0.3, 0.4) is 0 Å². The highest BCUT2D eigenvalue weighted by Gasteiger charge is 2.47. The average Bonchev–Trinajstić information content (AvgIpc) is 2.75. The molecule has 0 saturated carbocycles. The summed E-state index contributed by atoms with van der Waals surface area (Å²) >= 11 is 0. The summed E-state index contributed by atoms with van der Waals surface area (Å²) in [6, 6.07) is 12.1. The Morgan fingerprint density at radius 3 is 1.77 bits per heavy atom. The summed E-state index contributed by atoms with van der Waals surface area (Å²) < 4.78 is 32.6. The zero-order valence-corrected chi connectivity index (χ0v) is 19.4. The molecular weight excluding hydrogens is 439 g/mol. The molecule has 9 heteroatoms. The minimum Gasteiger partial charge on any atom is -0.478 e. The van der Waals surface area contributed by atoms with Gasteiger partial charge >= 0.3 is 22.1 Å². The van der Waals surface area contributed by atoms with Crippen molar-refractivity contribution in [2.45, 2.75) is 44.4 Å². The summed E-state index contributed by atoms with van der Waals surface area (Å²) in [4.78, 5) is 22.4. The van der Waals surface area contributed by atoms with E-state index in [9.17, 15) is 28.2 Å². The van der Waals surface area contributed by atoms with E-state index in [0.29, 0.717) is 12.3 Å². The topological polar surface area (TPSA) is 118 Å². The Morgan fingerprint density at radius 1 is 0.871 bits per heavy atom. The Balaban J connectivity index is 2.61. The molecular formula is C22H28O7PS+. The highest BCUT2D eigenvalue weighted by molar-refractivity contribution is 7.96. The van der Waals surface area contributed by atoms with Gasteiger partial charge in [0.25, 0.3) is 0 Å². The van der Waals surface area contributed by atoms with Gasteiger partial charge in [0.1, 0.15) is 5.30 Å². The van der Waals surface area contributed by atoms with Crippen molar-refractivity contribution in [3.63, 3.8) is 0 Å². The number of hydrogen-bond acceptors (Lipinski definition) is 5. The largest absolute Gasteiger partial charge is 0.478 e. The monoisotopic (exact) mass is 467 g/mol. The van der Waals surface area contributed by atoms with Crippen LogP contribution in [0.1, 0.15) is 60.2 Å². The maximum absolute atomic E-state index is 13.3. The molecule has 0 aliphatic carbocycles. The van der Waals surface area contributed by atoms with Crippen LogP contribution in [0.15, 0.2) is 53.4 Å². The lowest BCUT2D eigenvalue weighted by Gasteiger charge is -2.25. The van der Waals surface area contributed by atoms with Crippen LogP contribution in [0.2, 0.25) is 0 Å². The summed E-state index contributed by atoms with van der Waals surface area (Å²) in [5.41, 5.74) is -0.847. The van der Waals surface area contributed by atoms with Gasteiger partial charge in [-0.2, -0.15) is 8.42 Å². The van der Waals surface area contributed by atoms with Gasteiger partial charge in [-0.1, -0.05) is 44.9 Å². The second kappa shape index (κ2) is 10.8. The van der Waals surface area contributed by atoms with E-state index in [2.05, 4.69) is 0 Å². The van der Waals surface area contributed by atoms with Crippen LogP contribution in [-0.2, 0) is 14.1 Å². The summed E-state index contributed by atoms with van der Waals surface area (Å²) in [6.45, 7) is 4.03. The van der Waals surface area contributed by atoms with Crippen molar-refractivity contribution in [3.05, 3.63) is 59.7 Å². The molecule has 2 aromatic rings. The van der Waals surface area contributed by atoms with E-state index in [-0.39, 0.29) is 0 Å². The average molecular weight is 468 g/mol. The number of carboxylic acids is 2. The number of carbonyl (C=O) groups is 2. The van der Waals surface area contributed by atoms with Crippen LogP contribution < -0.4 is 5.30 Å². The molecule has 0 spiro atoms. The molecule has 0 fully saturated rings. The van der Waals surface area contributed by atoms with Crippen molar-refractivity contribution in [1.29, 1.82) is 0 Å². The van der Waals surface area contributed by atoms with Crippen LogP contribution in [0.4, 0.5) is 0 Å². The van der Waals surface area contributed by atoms with E-state index in [4.69, 9.17) is 3.97 Å². The number of carboxylic acid groups (broad SMARTS) is 2. The van der Waals surface area contributed by atoms with Gasteiger partial charge < -0.3 is 10.2 Å². The SMILES string of the molecule is CCCC[P+](CCCC)(OS(=O)(=O)c1cc(C(=O)O)cc(C(=O)O)c1)c1ccccc1. The fourth-order valence-electron chi connectivity index (χ4n) is 3.24. The molecule has 168 valence electrons. The standard InChI is InChI=1S/C22H27O7PS/c1-3-5-12-30(13-6-4-2,19-10-8-7-9-11-19)29-31(27,28)20-15-17(21(23)24)14-18(16-20)22(25)26/h7-11,14-16H,3-6,12-13H2,1-2H3,(H-,23,24,25,26)/p+1. The van der Waals surface area contributed by atoms with Crippen molar-refractivity contribution >= 4 is 34.9 Å². The predicted octanol–water partition coefficient (Wildman–Crippen LogP) is 4.65. The van der Waals surface area contributed by atoms with Crippen LogP contribution >= 0.6 is 7.49 Å². The molecule has 2 N–H and O–H groups in total. The Kier molecular flexibility index (Phi) is 8.74. The van der Waals surface area contributed by atoms with Crippen molar-refractivity contribution in [1.82, 2.24) is 0 Å². The molecule has 0 saturated heterocycles. The van der Waals surface area contributed by atoms with Gasteiger partial charge in [-0.15, -0.1) is 3.97 Å². The summed E-state index contributed by atoms with van der Waals surface area (Å²) in [5, 5.41) is 19.4. The Bertz CT molecular complexity index is 979. The Morgan fingerprint density at radius 2 is 1.35 bits per heavy atom. The van der Waals surface area contributed by atoms with Crippen molar-refractivity contribution in [2.75, 3.05) is 12.3 Å². The van der Waals surface area contributed by atoms with Gasteiger partial charge in [0.05, 0.1) is 28.3 Å². The van der Waals surface area contributed by atoms with Gasteiger partial charge in [0.15, 0.2) is 0 Å². The van der Waals surface area contributed by atoms with Crippen LogP contribution in [-0.4, -0.2) is 42.9 Å². The molecule has 0 aliphatic heterocycles. The molecule has 2 aromatic carbocycles. The number of benzene rings is 2. The molecule has 0 unspecified atom stereocenters. The van der Waals surface area contributed by atoms with Gasteiger partial charge in [0.2, 0.25) is 7.49 Å². The second-order valence-electron chi connectivity index (χ2n) is 7.26. The summed E-state index contributed by atoms with van der Waals surface area (Å²) in [5.74, 6) is -2.83. The van der Waals surface area contributed by atoms with Crippen molar-refractivity contribution in [3.8, 4) is 0 Å². The van der Waals surface area contributed by atoms with Crippen molar-refractivity contribution < 1.29 is 32.2 Å². The molecule has 0 amide bonds. The second-order valence-corrected chi connectivity index (χ2v) is 12.4. The lowest BCUT2D eigenvalue weighted by Crippen LogP contribution is -2.23. The van der Waals surface area contributed by atoms with Gasteiger partial charge in [0, 0.05) is 0 Å². The lowest BCUT2D eigenvalue weighted by atomic mass is 10.1. The van der Waals surface area contributed by atoms with Crippen LogP contribution in [0.25, 0.3) is 0 Å². The normalized spacial score (nSPS) is 11.9. The molecule has 7 nitrogen and oxygen atoms in total. The first kappa shape index (κ1) is 25.0.